The van der Waals surface area contributed by atoms with E-state index in [4.69, 9.17) is 16.3 Å². The fourth-order valence-electron chi connectivity index (χ4n) is 1.77. The van der Waals surface area contributed by atoms with Crippen LogP contribution in [-0.4, -0.2) is 38.1 Å². The van der Waals surface area contributed by atoms with Crippen LogP contribution in [0.15, 0.2) is 24.3 Å². The molecule has 21 heavy (non-hydrogen) atoms. The smallest absolute Gasteiger partial charge is 0.252 e. The second kappa shape index (κ2) is 8.00. The first-order chi connectivity index (χ1) is 10.2. The molecular weight excluding hydrogens is 292 g/mol. The minimum atomic E-state index is -0.250. The summed E-state index contributed by atoms with van der Waals surface area (Å²) in [7, 11) is 0. The van der Waals surface area contributed by atoms with Crippen molar-refractivity contribution in [3.63, 3.8) is 0 Å². The third-order valence-electron chi connectivity index (χ3n) is 3.13. The van der Waals surface area contributed by atoms with E-state index in [9.17, 15) is 9.59 Å². The van der Waals surface area contributed by atoms with Gasteiger partial charge in [-0.15, -0.1) is 0 Å². The molecule has 0 aliphatic heterocycles. The Morgan fingerprint density at radius 2 is 1.90 bits per heavy atom. The van der Waals surface area contributed by atoms with E-state index in [0.717, 1.165) is 0 Å². The topological polar surface area (TPSA) is 67.4 Å². The number of benzene rings is 1. The lowest BCUT2D eigenvalue weighted by molar-refractivity contribution is -0.125. The van der Waals surface area contributed by atoms with Crippen molar-refractivity contribution in [2.24, 2.45) is 5.92 Å². The lowest BCUT2D eigenvalue weighted by Crippen LogP contribution is -2.36. The van der Waals surface area contributed by atoms with Gasteiger partial charge < -0.3 is 15.4 Å². The van der Waals surface area contributed by atoms with E-state index in [0.29, 0.717) is 36.2 Å². The van der Waals surface area contributed by atoms with Gasteiger partial charge in [0, 0.05) is 13.1 Å². The van der Waals surface area contributed by atoms with E-state index in [2.05, 4.69) is 10.6 Å². The lowest BCUT2D eigenvalue weighted by atomic mass is 10.2. The molecule has 6 heteroatoms. The van der Waals surface area contributed by atoms with E-state index in [-0.39, 0.29) is 18.4 Å². The van der Waals surface area contributed by atoms with Crippen LogP contribution in [0.5, 0.6) is 0 Å². The second-order valence-corrected chi connectivity index (χ2v) is 5.45. The van der Waals surface area contributed by atoms with Gasteiger partial charge in [0.2, 0.25) is 5.91 Å². The van der Waals surface area contributed by atoms with Crippen LogP contribution in [-0.2, 0) is 9.53 Å². The molecule has 0 radical (unpaired) electrons. The van der Waals surface area contributed by atoms with Gasteiger partial charge in [-0.2, -0.15) is 0 Å². The third-order valence-corrected chi connectivity index (χ3v) is 3.46. The normalized spacial score (nSPS) is 13.8. The van der Waals surface area contributed by atoms with Crippen molar-refractivity contribution in [1.29, 1.82) is 0 Å². The van der Waals surface area contributed by atoms with E-state index in [1.807, 2.05) is 0 Å². The fraction of sp³-hybridized carbons (Fsp3) is 0.467. The summed E-state index contributed by atoms with van der Waals surface area (Å²) in [5.74, 6) is 0.232. The number of hydrogen-bond donors (Lipinski definition) is 2. The summed E-state index contributed by atoms with van der Waals surface area (Å²) in [5, 5.41) is 5.80. The Morgan fingerprint density at radius 1 is 1.19 bits per heavy atom. The van der Waals surface area contributed by atoms with E-state index in [1.165, 1.54) is 12.8 Å². The van der Waals surface area contributed by atoms with Crippen LogP contribution in [0.4, 0.5) is 0 Å². The largest absolute Gasteiger partial charge is 0.371 e. The zero-order chi connectivity index (χ0) is 15.1. The molecule has 1 fully saturated rings. The maximum atomic E-state index is 11.8. The summed E-state index contributed by atoms with van der Waals surface area (Å²) in [6.45, 7) is 1.45. The number of carbonyl (C=O) groups is 2. The summed E-state index contributed by atoms with van der Waals surface area (Å²) >= 11 is 5.92. The van der Waals surface area contributed by atoms with Crippen LogP contribution in [0, 0.1) is 5.92 Å². The Balaban J connectivity index is 1.57. The highest BCUT2D eigenvalue weighted by Crippen LogP contribution is 2.28. The first-order valence-electron chi connectivity index (χ1n) is 7.04. The standard InChI is InChI=1S/C15H19ClN2O3/c16-13-4-2-1-3-12(13)15(20)18-8-7-17-14(19)10-21-9-11-5-6-11/h1-4,11H,5-10H2,(H,17,19)(H,18,20). The molecule has 0 saturated heterocycles. The van der Waals surface area contributed by atoms with E-state index < -0.39 is 0 Å². The lowest BCUT2D eigenvalue weighted by Gasteiger charge is -2.08. The van der Waals surface area contributed by atoms with Crippen molar-refractivity contribution in [3.05, 3.63) is 34.9 Å². The molecule has 0 unspecified atom stereocenters. The molecule has 2 rings (SSSR count). The molecule has 0 aromatic heterocycles. The molecule has 0 heterocycles. The van der Waals surface area contributed by atoms with Gasteiger partial charge in [-0.3, -0.25) is 9.59 Å². The Morgan fingerprint density at radius 3 is 2.62 bits per heavy atom. The van der Waals surface area contributed by atoms with Crippen molar-refractivity contribution in [3.8, 4) is 0 Å². The summed E-state index contributed by atoms with van der Waals surface area (Å²) in [4.78, 5) is 23.3. The number of rotatable bonds is 8. The van der Waals surface area contributed by atoms with Crippen LogP contribution < -0.4 is 10.6 Å². The van der Waals surface area contributed by atoms with Gasteiger partial charge in [-0.25, -0.2) is 0 Å². The van der Waals surface area contributed by atoms with E-state index in [1.54, 1.807) is 24.3 Å². The highest BCUT2D eigenvalue weighted by Gasteiger charge is 2.21. The van der Waals surface area contributed by atoms with Gasteiger partial charge in [0.25, 0.3) is 5.91 Å². The third kappa shape index (κ3) is 5.73. The molecule has 2 N–H and O–H groups in total. The molecule has 5 nitrogen and oxygen atoms in total. The molecule has 1 saturated carbocycles. The summed E-state index contributed by atoms with van der Waals surface area (Å²) in [6, 6.07) is 6.83. The predicted molar refractivity (Wildman–Crippen MR) is 80.3 cm³/mol. The van der Waals surface area contributed by atoms with Gasteiger partial charge in [0.1, 0.15) is 6.61 Å². The first kappa shape index (κ1) is 15.8. The Kier molecular flexibility index (Phi) is 6.02. The Bertz CT molecular complexity index is 503. The molecular formula is C15H19ClN2O3. The minimum absolute atomic E-state index is 0.0783. The van der Waals surface area contributed by atoms with E-state index >= 15 is 0 Å². The monoisotopic (exact) mass is 310 g/mol. The van der Waals surface area contributed by atoms with Crippen LogP contribution in [0.1, 0.15) is 23.2 Å². The first-order valence-corrected chi connectivity index (χ1v) is 7.42. The Labute approximate surface area is 129 Å². The van der Waals surface area contributed by atoms with Crippen molar-refractivity contribution in [2.45, 2.75) is 12.8 Å². The second-order valence-electron chi connectivity index (χ2n) is 5.04. The van der Waals surface area contributed by atoms with Gasteiger partial charge in [-0.05, 0) is 30.9 Å². The quantitative estimate of drug-likeness (QED) is 0.717. The van der Waals surface area contributed by atoms with Gasteiger partial charge in [-0.1, -0.05) is 23.7 Å². The molecule has 1 aromatic rings. The number of halogens is 1. The highest BCUT2D eigenvalue weighted by atomic mass is 35.5. The zero-order valence-corrected chi connectivity index (χ0v) is 12.5. The summed E-state index contributed by atoms with van der Waals surface area (Å²) in [6.07, 6.45) is 2.41. The van der Waals surface area contributed by atoms with Crippen LogP contribution >= 0.6 is 11.6 Å². The van der Waals surface area contributed by atoms with Crippen molar-refractivity contribution < 1.29 is 14.3 Å². The number of carbonyl (C=O) groups excluding carboxylic acids is 2. The summed E-state index contributed by atoms with van der Waals surface area (Å²) in [5.41, 5.74) is 0.429. The average Bonchev–Trinajstić information content (AvgIpc) is 3.28. The molecule has 1 aliphatic rings. The Hall–Kier alpha value is -1.59. The molecule has 0 bridgehead atoms. The maximum Gasteiger partial charge on any atom is 0.252 e. The molecule has 1 aliphatic carbocycles. The van der Waals surface area contributed by atoms with Gasteiger partial charge >= 0.3 is 0 Å². The average molecular weight is 311 g/mol. The molecule has 114 valence electrons. The van der Waals surface area contributed by atoms with Gasteiger partial charge in [0.05, 0.1) is 17.2 Å². The SMILES string of the molecule is O=C(COCC1CC1)NCCNC(=O)c1ccccc1Cl. The minimum Gasteiger partial charge on any atom is -0.371 e. The van der Waals surface area contributed by atoms with Crippen molar-refractivity contribution >= 4 is 23.4 Å². The fourth-order valence-corrected chi connectivity index (χ4v) is 1.99. The molecule has 2 amide bonds. The number of amides is 2. The van der Waals surface area contributed by atoms with Crippen LogP contribution in [0.2, 0.25) is 5.02 Å². The van der Waals surface area contributed by atoms with Crippen LogP contribution in [0.25, 0.3) is 0 Å². The maximum absolute atomic E-state index is 11.8. The highest BCUT2D eigenvalue weighted by molar-refractivity contribution is 6.33. The number of ether oxygens (including phenoxy) is 1. The zero-order valence-electron chi connectivity index (χ0n) is 11.7. The molecule has 0 atom stereocenters. The summed E-state index contributed by atoms with van der Waals surface area (Å²) < 4.78 is 5.27. The number of hydrogen-bond acceptors (Lipinski definition) is 3. The van der Waals surface area contributed by atoms with Crippen molar-refractivity contribution in [1.82, 2.24) is 10.6 Å². The molecule has 1 aromatic carbocycles. The predicted octanol–water partition coefficient (Wildman–Crippen LogP) is 1.61. The van der Waals surface area contributed by atoms with Crippen LogP contribution in [0.3, 0.4) is 0 Å². The molecule has 0 spiro atoms. The van der Waals surface area contributed by atoms with Gasteiger partial charge in [0.15, 0.2) is 0 Å². The van der Waals surface area contributed by atoms with Crippen molar-refractivity contribution in [2.75, 3.05) is 26.3 Å². The number of nitrogens with one attached hydrogen (secondary N) is 2.